The van der Waals surface area contributed by atoms with Gasteiger partial charge < -0.3 is 0 Å². The van der Waals surface area contributed by atoms with Gasteiger partial charge in [-0.2, -0.15) is 0 Å². The van der Waals surface area contributed by atoms with Crippen LogP contribution >= 0.6 is 0 Å². The first-order valence-corrected chi connectivity index (χ1v) is 13.7. The molecule has 1 unspecified atom stereocenters. The van der Waals surface area contributed by atoms with Crippen LogP contribution in [0.25, 0.3) is 23.3 Å². The second kappa shape index (κ2) is 6.71. The number of hydrogen-bond donors (Lipinski definition) is 0. The molecule has 1 atom stereocenters. The van der Waals surface area contributed by atoms with Crippen LogP contribution < -0.4 is 5.19 Å². The third-order valence-electron chi connectivity index (χ3n) is 6.84. The summed E-state index contributed by atoms with van der Waals surface area (Å²) in [4.78, 5) is 0. The Balaban J connectivity index is 1.66. The highest BCUT2D eigenvalue weighted by atomic mass is 28.3. The third kappa shape index (κ3) is 2.88. The van der Waals surface area contributed by atoms with E-state index in [4.69, 9.17) is 0 Å². The molecule has 144 valence electrons. The van der Waals surface area contributed by atoms with E-state index in [2.05, 4.69) is 106 Å². The molecule has 0 bridgehead atoms. The Morgan fingerprint density at radius 1 is 0.759 bits per heavy atom. The summed E-state index contributed by atoms with van der Waals surface area (Å²) in [6, 6.07) is 24.7. The van der Waals surface area contributed by atoms with Crippen LogP contribution in [0.4, 0.5) is 0 Å². The van der Waals surface area contributed by atoms with Gasteiger partial charge in [0.2, 0.25) is 0 Å². The van der Waals surface area contributed by atoms with Crippen LogP contribution in [-0.2, 0) is 6.42 Å². The predicted molar refractivity (Wildman–Crippen MR) is 129 cm³/mol. The lowest BCUT2D eigenvalue weighted by Gasteiger charge is -2.34. The quantitative estimate of drug-likeness (QED) is 0.422. The summed E-state index contributed by atoms with van der Waals surface area (Å²) in [6.45, 7) is 9.74. The highest BCUT2D eigenvalue weighted by Crippen LogP contribution is 2.45. The maximum Gasteiger partial charge on any atom is 0.0931 e. The van der Waals surface area contributed by atoms with E-state index in [0.29, 0.717) is 5.54 Å². The molecule has 0 amide bonds. The summed E-state index contributed by atoms with van der Waals surface area (Å²) >= 11 is 0. The van der Waals surface area contributed by atoms with Gasteiger partial charge in [-0.1, -0.05) is 108 Å². The fourth-order valence-electron chi connectivity index (χ4n) is 5.63. The summed E-state index contributed by atoms with van der Waals surface area (Å²) in [6.07, 6.45) is 6.01. The summed E-state index contributed by atoms with van der Waals surface area (Å²) < 4.78 is 0. The lowest BCUT2D eigenvalue weighted by molar-refractivity contribution is 1.08. The third-order valence-corrected chi connectivity index (χ3v) is 10.9. The fourth-order valence-corrected chi connectivity index (χ4v) is 9.65. The van der Waals surface area contributed by atoms with E-state index in [1.165, 1.54) is 44.5 Å². The van der Waals surface area contributed by atoms with Crippen molar-refractivity contribution in [3.63, 3.8) is 0 Å². The molecule has 5 rings (SSSR count). The molecule has 2 aliphatic carbocycles. The molecule has 0 radical (unpaired) electrons. The van der Waals surface area contributed by atoms with E-state index in [0.717, 1.165) is 6.42 Å². The summed E-state index contributed by atoms with van der Waals surface area (Å²) in [5, 5.41) is 1.61. The molecule has 0 fully saturated rings. The standard InChI is InChI=1S/C28H28Si/c1-19-16-22-12-8-15-27(25(22)17-19)29(3,4)28-20(2)18-26-23(13-9-14-24(26)28)21-10-6-5-7-11-21/h5-15,17-18,28H,16H2,1-4H3. The maximum absolute atomic E-state index is 2.57. The monoisotopic (exact) mass is 392 g/mol. The van der Waals surface area contributed by atoms with E-state index in [1.807, 2.05) is 0 Å². The van der Waals surface area contributed by atoms with Gasteiger partial charge in [0.15, 0.2) is 0 Å². The molecule has 2 aliphatic rings. The molecule has 29 heavy (non-hydrogen) atoms. The molecule has 0 aromatic heterocycles. The molecule has 0 spiro atoms. The normalized spacial score (nSPS) is 17.6. The molecule has 0 N–H and O–H groups in total. The molecular formula is C28H28Si. The van der Waals surface area contributed by atoms with Crippen molar-refractivity contribution < 1.29 is 0 Å². The summed E-state index contributed by atoms with van der Waals surface area (Å²) in [5.74, 6) is 0. The second-order valence-corrected chi connectivity index (χ2v) is 13.8. The van der Waals surface area contributed by atoms with Crippen LogP contribution in [0.3, 0.4) is 0 Å². The molecule has 0 heterocycles. The highest BCUT2D eigenvalue weighted by Gasteiger charge is 2.41. The largest absolute Gasteiger partial charge is 0.0931 e. The number of fused-ring (bicyclic) bond motifs is 2. The summed E-state index contributed by atoms with van der Waals surface area (Å²) in [5.41, 5.74) is 12.2. The van der Waals surface area contributed by atoms with E-state index >= 15 is 0 Å². The molecule has 3 aromatic carbocycles. The highest BCUT2D eigenvalue weighted by molar-refractivity contribution is 6.92. The minimum Gasteiger partial charge on any atom is -0.0683 e. The van der Waals surface area contributed by atoms with Crippen LogP contribution in [0.15, 0.2) is 77.9 Å². The lowest BCUT2D eigenvalue weighted by atomic mass is 9.97. The molecule has 1 heteroatoms. The molecule has 0 aliphatic heterocycles. The van der Waals surface area contributed by atoms with Gasteiger partial charge in [0.25, 0.3) is 0 Å². The van der Waals surface area contributed by atoms with E-state index in [-0.39, 0.29) is 0 Å². The van der Waals surface area contributed by atoms with Gasteiger partial charge in [0, 0.05) is 5.54 Å². The predicted octanol–water partition coefficient (Wildman–Crippen LogP) is 6.97. The molecule has 0 nitrogen and oxygen atoms in total. The van der Waals surface area contributed by atoms with Crippen molar-refractivity contribution in [3.8, 4) is 11.1 Å². The van der Waals surface area contributed by atoms with Gasteiger partial charge >= 0.3 is 0 Å². The van der Waals surface area contributed by atoms with Crippen LogP contribution in [-0.4, -0.2) is 8.07 Å². The Hall–Kier alpha value is -2.64. The number of hydrogen-bond acceptors (Lipinski definition) is 0. The maximum atomic E-state index is 2.57. The zero-order valence-electron chi connectivity index (χ0n) is 17.8. The van der Waals surface area contributed by atoms with E-state index < -0.39 is 8.07 Å². The fraction of sp³-hybridized carbons (Fsp3) is 0.214. The molecule has 0 saturated heterocycles. The lowest BCUT2D eigenvalue weighted by Crippen LogP contribution is -2.49. The van der Waals surface area contributed by atoms with Crippen molar-refractivity contribution in [2.75, 3.05) is 0 Å². The SMILES string of the molecule is CC1=Cc2c(cccc2[Si](C)(C)C2C(C)=Cc3c(-c4ccccc4)cccc32)C1. The first-order valence-electron chi connectivity index (χ1n) is 10.6. The smallest absolute Gasteiger partial charge is 0.0683 e. The molecule has 0 saturated carbocycles. The van der Waals surface area contributed by atoms with Crippen LogP contribution in [0.1, 0.15) is 41.6 Å². The number of benzene rings is 3. The Morgan fingerprint density at radius 3 is 2.31 bits per heavy atom. The van der Waals surface area contributed by atoms with Crippen LogP contribution in [0.2, 0.25) is 13.1 Å². The zero-order chi connectivity index (χ0) is 20.2. The van der Waals surface area contributed by atoms with Crippen LogP contribution in [0, 0.1) is 0 Å². The minimum atomic E-state index is -1.78. The minimum absolute atomic E-state index is 0.530. The summed E-state index contributed by atoms with van der Waals surface area (Å²) in [7, 11) is -1.78. The topological polar surface area (TPSA) is 0 Å². The Labute approximate surface area is 175 Å². The van der Waals surface area contributed by atoms with Crippen molar-refractivity contribution >= 4 is 25.4 Å². The Morgan fingerprint density at radius 2 is 1.52 bits per heavy atom. The van der Waals surface area contributed by atoms with Gasteiger partial charge in [-0.15, -0.1) is 0 Å². The van der Waals surface area contributed by atoms with Crippen molar-refractivity contribution in [1.29, 1.82) is 0 Å². The van der Waals surface area contributed by atoms with Gasteiger partial charge in [-0.25, -0.2) is 0 Å². The van der Waals surface area contributed by atoms with Gasteiger partial charge in [0.05, 0.1) is 8.07 Å². The van der Waals surface area contributed by atoms with Gasteiger partial charge in [-0.3, -0.25) is 0 Å². The van der Waals surface area contributed by atoms with Crippen molar-refractivity contribution in [2.24, 2.45) is 0 Å². The number of rotatable bonds is 3. The van der Waals surface area contributed by atoms with Crippen molar-refractivity contribution in [2.45, 2.75) is 38.9 Å². The average molecular weight is 393 g/mol. The zero-order valence-corrected chi connectivity index (χ0v) is 18.8. The van der Waals surface area contributed by atoms with Crippen LogP contribution in [0.5, 0.6) is 0 Å². The van der Waals surface area contributed by atoms with Crippen molar-refractivity contribution in [1.82, 2.24) is 0 Å². The second-order valence-electron chi connectivity index (χ2n) is 9.26. The molecular weight excluding hydrogens is 364 g/mol. The first-order chi connectivity index (χ1) is 14.0. The van der Waals surface area contributed by atoms with Gasteiger partial charge in [-0.05, 0) is 53.6 Å². The van der Waals surface area contributed by atoms with E-state index in [1.54, 1.807) is 5.19 Å². The van der Waals surface area contributed by atoms with Crippen molar-refractivity contribution in [3.05, 3.63) is 100 Å². The van der Waals surface area contributed by atoms with Gasteiger partial charge in [0.1, 0.15) is 0 Å². The Bertz CT molecular complexity index is 1160. The first kappa shape index (κ1) is 18.4. The molecule has 3 aromatic rings. The number of allylic oxidation sites excluding steroid dienone is 2. The average Bonchev–Trinajstić information content (AvgIpc) is 3.26. The van der Waals surface area contributed by atoms with E-state index in [9.17, 15) is 0 Å². The Kier molecular flexibility index (Phi) is 4.25.